The van der Waals surface area contributed by atoms with Crippen LogP contribution in [0.25, 0.3) is 10.8 Å². The second-order valence-corrected chi connectivity index (χ2v) is 6.06. The smallest absolute Gasteiger partial charge is 0.239 e. The van der Waals surface area contributed by atoms with Crippen LogP contribution in [0, 0.1) is 0 Å². The van der Waals surface area contributed by atoms with Crippen LogP contribution in [0.2, 0.25) is 0 Å². The number of fused-ring (bicyclic) bond motifs is 1. The van der Waals surface area contributed by atoms with Gasteiger partial charge in [-0.25, -0.2) is 0 Å². The van der Waals surface area contributed by atoms with E-state index in [4.69, 9.17) is 0 Å². The summed E-state index contributed by atoms with van der Waals surface area (Å²) in [5, 5.41) is 8.54. The molecule has 4 heteroatoms. The van der Waals surface area contributed by atoms with E-state index in [0.29, 0.717) is 6.54 Å². The van der Waals surface area contributed by atoms with Crippen molar-refractivity contribution in [1.29, 1.82) is 0 Å². The molecule has 0 atom stereocenters. The molecule has 0 bridgehead atoms. The lowest BCUT2D eigenvalue weighted by atomic mass is 10.1. The SMILES string of the molecule is CCC(CC)NC(=O)CNc1ccc2cc(Br)ccc2c1. The molecule has 0 aliphatic rings. The van der Waals surface area contributed by atoms with Crippen LogP contribution in [-0.2, 0) is 4.79 Å². The largest absolute Gasteiger partial charge is 0.376 e. The van der Waals surface area contributed by atoms with Gasteiger partial charge in [0.25, 0.3) is 0 Å². The molecule has 0 aliphatic carbocycles. The number of rotatable bonds is 6. The van der Waals surface area contributed by atoms with Crippen LogP contribution in [-0.4, -0.2) is 18.5 Å². The fraction of sp³-hybridized carbons (Fsp3) is 0.353. The summed E-state index contributed by atoms with van der Waals surface area (Å²) in [7, 11) is 0. The monoisotopic (exact) mass is 348 g/mol. The van der Waals surface area contributed by atoms with Crippen LogP contribution in [0.4, 0.5) is 5.69 Å². The van der Waals surface area contributed by atoms with E-state index >= 15 is 0 Å². The molecule has 0 unspecified atom stereocenters. The second kappa shape index (κ2) is 7.46. The van der Waals surface area contributed by atoms with E-state index in [9.17, 15) is 4.79 Å². The average Bonchev–Trinajstić information content (AvgIpc) is 2.50. The fourth-order valence-electron chi connectivity index (χ4n) is 2.28. The van der Waals surface area contributed by atoms with Gasteiger partial charge < -0.3 is 10.6 Å². The van der Waals surface area contributed by atoms with Gasteiger partial charge in [0.1, 0.15) is 0 Å². The summed E-state index contributed by atoms with van der Waals surface area (Å²) in [6.45, 7) is 4.48. The van der Waals surface area contributed by atoms with Gasteiger partial charge in [0, 0.05) is 16.2 Å². The van der Waals surface area contributed by atoms with Crippen molar-refractivity contribution in [1.82, 2.24) is 5.32 Å². The highest BCUT2D eigenvalue weighted by Crippen LogP contribution is 2.22. The van der Waals surface area contributed by atoms with Crippen molar-refractivity contribution in [2.45, 2.75) is 32.7 Å². The van der Waals surface area contributed by atoms with Crippen LogP contribution in [0.1, 0.15) is 26.7 Å². The molecule has 112 valence electrons. The van der Waals surface area contributed by atoms with E-state index in [1.165, 1.54) is 5.39 Å². The first-order valence-electron chi connectivity index (χ1n) is 7.35. The molecule has 21 heavy (non-hydrogen) atoms. The maximum Gasteiger partial charge on any atom is 0.239 e. The van der Waals surface area contributed by atoms with Crippen molar-refractivity contribution in [3.8, 4) is 0 Å². The van der Waals surface area contributed by atoms with Crippen molar-refractivity contribution < 1.29 is 4.79 Å². The molecule has 0 saturated carbocycles. The Morgan fingerprint density at radius 2 is 1.76 bits per heavy atom. The zero-order chi connectivity index (χ0) is 15.2. The number of benzene rings is 2. The third-order valence-corrected chi connectivity index (χ3v) is 4.10. The van der Waals surface area contributed by atoms with Crippen molar-refractivity contribution >= 4 is 38.3 Å². The van der Waals surface area contributed by atoms with Gasteiger partial charge >= 0.3 is 0 Å². The minimum absolute atomic E-state index is 0.0413. The molecule has 0 aliphatic heterocycles. The maximum atomic E-state index is 11.9. The number of amides is 1. The minimum atomic E-state index is 0.0413. The van der Waals surface area contributed by atoms with E-state index in [1.54, 1.807) is 0 Å². The summed E-state index contributed by atoms with van der Waals surface area (Å²) < 4.78 is 1.07. The Hall–Kier alpha value is -1.55. The second-order valence-electron chi connectivity index (χ2n) is 5.14. The zero-order valence-electron chi connectivity index (χ0n) is 12.4. The van der Waals surface area contributed by atoms with E-state index in [1.807, 2.05) is 12.1 Å². The van der Waals surface area contributed by atoms with Crippen molar-refractivity contribution in [2.24, 2.45) is 0 Å². The Balaban J connectivity index is 1.97. The van der Waals surface area contributed by atoms with Gasteiger partial charge in [0.15, 0.2) is 0 Å². The Kier molecular flexibility index (Phi) is 5.62. The lowest BCUT2D eigenvalue weighted by Gasteiger charge is -2.15. The summed E-state index contributed by atoms with van der Waals surface area (Å²) in [6.07, 6.45) is 1.93. The van der Waals surface area contributed by atoms with Gasteiger partial charge in [-0.3, -0.25) is 4.79 Å². The Bertz CT molecular complexity index is 623. The molecule has 2 N–H and O–H groups in total. The first-order chi connectivity index (χ1) is 10.1. The zero-order valence-corrected chi connectivity index (χ0v) is 14.0. The first kappa shape index (κ1) is 15.8. The lowest BCUT2D eigenvalue weighted by molar-refractivity contribution is -0.120. The number of nitrogens with one attached hydrogen (secondary N) is 2. The Morgan fingerprint density at radius 1 is 1.10 bits per heavy atom. The third kappa shape index (κ3) is 4.46. The molecule has 2 aromatic carbocycles. The summed E-state index contributed by atoms with van der Waals surface area (Å²) in [5.74, 6) is 0.0413. The molecular formula is C17H21BrN2O. The summed E-state index contributed by atoms with van der Waals surface area (Å²) in [6, 6.07) is 12.6. The maximum absolute atomic E-state index is 11.9. The molecule has 0 aromatic heterocycles. The molecule has 3 nitrogen and oxygen atoms in total. The summed E-state index contributed by atoms with van der Waals surface area (Å²) in [5.41, 5.74) is 0.963. The number of hydrogen-bond acceptors (Lipinski definition) is 2. The predicted molar refractivity (Wildman–Crippen MR) is 92.7 cm³/mol. The molecule has 0 saturated heterocycles. The van der Waals surface area contributed by atoms with Crippen molar-refractivity contribution in [3.63, 3.8) is 0 Å². The molecule has 2 rings (SSSR count). The van der Waals surface area contributed by atoms with Crippen molar-refractivity contribution in [3.05, 3.63) is 40.9 Å². The van der Waals surface area contributed by atoms with E-state index < -0.39 is 0 Å². The Morgan fingerprint density at radius 3 is 2.48 bits per heavy atom. The number of halogens is 1. The number of anilines is 1. The number of hydrogen-bond donors (Lipinski definition) is 2. The topological polar surface area (TPSA) is 41.1 Å². The minimum Gasteiger partial charge on any atom is -0.376 e. The first-order valence-corrected chi connectivity index (χ1v) is 8.14. The standard InChI is InChI=1S/C17H21BrN2O/c1-3-15(4-2)20-17(21)11-19-16-8-6-12-9-14(18)7-5-13(12)10-16/h5-10,15,19H,3-4,11H2,1-2H3,(H,20,21). The average molecular weight is 349 g/mol. The van der Waals surface area contributed by atoms with Gasteiger partial charge in [0.05, 0.1) is 6.54 Å². The predicted octanol–water partition coefficient (Wildman–Crippen LogP) is 4.32. The number of carbonyl (C=O) groups excluding carboxylic acids is 1. The van der Waals surface area contributed by atoms with Crippen molar-refractivity contribution in [2.75, 3.05) is 11.9 Å². The van der Waals surface area contributed by atoms with E-state index in [-0.39, 0.29) is 11.9 Å². The van der Waals surface area contributed by atoms with Gasteiger partial charge in [-0.2, -0.15) is 0 Å². The van der Waals surface area contributed by atoms with Gasteiger partial charge in [0.2, 0.25) is 5.91 Å². The Labute approximate surface area is 134 Å². The van der Waals surface area contributed by atoms with Crippen LogP contribution in [0.3, 0.4) is 0 Å². The van der Waals surface area contributed by atoms with Gasteiger partial charge in [-0.05, 0) is 47.9 Å². The highest BCUT2D eigenvalue weighted by molar-refractivity contribution is 9.10. The highest BCUT2D eigenvalue weighted by Gasteiger charge is 2.07. The summed E-state index contributed by atoms with van der Waals surface area (Å²) >= 11 is 3.47. The molecule has 0 heterocycles. The molecule has 2 aromatic rings. The van der Waals surface area contributed by atoms with E-state index in [2.05, 4.69) is 64.7 Å². The quantitative estimate of drug-likeness (QED) is 0.816. The van der Waals surface area contributed by atoms with Gasteiger partial charge in [-0.1, -0.05) is 41.9 Å². The molecule has 1 amide bonds. The highest BCUT2D eigenvalue weighted by atomic mass is 79.9. The van der Waals surface area contributed by atoms with Crippen LogP contribution in [0.15, 0.2) is 40.9 Å². The summed E-state index contributed by atoms with van der Waals surface area (Å²) in [4.78, 5) is 11.9. The van der Waals surface area contributed by atoms with E-state index in [0.717, 1.165) is 28.4 Å². The van der Waals surface area contributed by atoms with Crippen LogP contribution < -0.4 is 10.6 Å². The molecule has 0 spiro atoms. The fourth-order valence-corrected chi connectivity index (χ4v) is 2.66. The van der Waals surface area contributed by atoms with Crippen LogP contribution >= 0.6 is 15.9 Å². The molecular weight excluding hydrogens is 328 g/mol. The van der Waals surface area contributed by atoms with Crippen LogP contribution in [0.5, 0.6) is 0 Å². The molecule has 0 fully saturated rings. The normalized spacial score (nSPS) is 10.9. The lowest BCUT2D eigenvalue weighted by Crippen LogP contribution is -2.37. The molecule has 0 radical (unpaired) electrons. The van der Waals surface area contributed by atoms with Gasteiger partial charge in [-0.15, -0.1) is 0 Å². The number of carbonyl (C=O) groups is 1. The third-order valence-electron chi connectivity index (χ3n) is 3.61.